The van der Waals surface area contributed by atoms with E-state index >= 15 is 0 Å². The van der Waals surface area contributed by atoms with E-state index in [1.807, 2.05) is 13.8 Å². The van der Waals surface area contributed by atoms with Crippen LogP contribution in [-0.4, -0.2) is 33.6 Å². The van der Waals surface area contributed by atoms with Gasteiger partial charge in [-0.1, -0.05) is 40.0 Å². The molecular weight excluding hydrogens is 288 g/mol. The maximum absolute atomic E-state index is 10.4. The molecule has 0 unspecified atom stereocenters. The Morgan fingerprint density at radius 2 is 1.91 bits per heavy atom. The monoisotopic (exact) mass is 326 g/mol. The van der Waals surface area contributed by atoms with Crippen molar-refractivity contribution in [2.45, 2.75) is 90.8 Å². The van der Waals surface area contributed by atoms with E-state index in [1.54, 1.807) is 0 Å². The van der Waals surface area contributed by atoms with Crippen LogP contribution in [0.25, 0.3) is 0 Å². The van der Waals surface area contributed by atoms with Crippen molar-refractivity contribution in [3.63, 3.8) is 0 Å². The van der Waals surface area contributed by atoms with Crippen molar-refractivity contribution in [3.05, 3.63) is 0 Å². The highest BCUT2D eigenvalue weighted by Crippen LogP contribution is 2.58. The van der Waals surface area contributed by atoms with Crippen LogP contribution in [0.1, 0.15) is 79.1 Å². The van der Waals surface area contributed by atoms with Gasteiger partial charge in [0.25, 0.3) is 0 Å². The first-order valence-electron chi connectivity index (χ1n) is 9.73. The van der Waals surface area contributed by atoms with Gasteiger partial charge in [-0.25, -0.2) is 0 Å². The average Bonchev–Trinajstić information content (AvgIpc) is 2.84. The third-order valence-electron chi connectivity index (χ3n) is 7.53. The van der Waals surface area contributed by atoms with Crippen molar-refractivity contribution >= 4 is 0 Å². The van der Waals surface area contributed by atoms with Gasteiger partial charge < -0.3 is 15.3 Å². The molecule has 3 nitrogen and oxygen atoms in total. The van der Waals surface area contributed by atoms with Gasteiger partial charge in [0.05, 0.1) is 11.7 Å². The predicted octanol–water partition coefficient (Wildman–Crippen LogP) is 3.75. The largest absolute Gasteiger partial charge is 0.396 e. The van der Waals surface area contributed by atoms with Crippen molar-refractivity contribution < 1.29 is 15.3 Å². The Morgan fingerprint density at radius 1 is 1.22 bits per heavy atom. The van der Waals surface area contributed by atoms with Crippen LogP contribution < -0.4 is 0 Å². The Labute approximate surface area is 142 Å². The number of aliphatic hydroxyl groups excluding tert-OH is 2. The maximum atomic E-state index is 10.4. The molecule has 0 heterocycles. The standard InChI is InChI=1S/C20H38O3/c1-14(7-5-12-20(4,23)15(2)13-21)16-9-10-17-18(22)8-6-11-19(16,17)3/h14-18,21-23H,5-13H2,1-4H3/t14-,15+,16-,17+,18+,19-,20-/m1/s1. The highest BCUT2D eigenvalue weighted by molar-refractivity contribution is 5.01. The number of fused-ring (bicyclic) bond motifs is 1. The van der Waals surface area contributed by atoms with Gasteiger partial charge in [-0.15, -0.1) is 0 Å². The molecule has 0 aromatic heterocycles. The Kier molecular flexibility index (Phi) is 6.19. The number of aliphatic hydroxyl groups is 3. The van der Waals surface area contributed by atoms with Gasteiger partial charge in [0.15, 0.2) is 0 Å². The summed E-state index contributed by atoms with van der Waals surface area (Å²) < 4.78 is 0. The van der Waals surface area contributed by atoms with Crippen molar-refractivity contribution in [2.75, 3.05) is 6.61 Å². The van der Waals surface area contributed by atoms with Gasteiger partial charge in [-0.2, -0.15) is 0 Å². The number of hydrogen-bond donors (Lipinski definition) is 3. The summed E-state index contributed by atoms with van der Waals surface area (Å²) in [5.41, 5.74) is -0.449. The van der Waals surface area contributed by atoms with E-state index in [-0.39, 0.29) is 18.6 Å². The van der Waals surface area contributed by atoms with Crippen molar-refractivity contribution in [1.82, 2.24) is 0 Å². The summed E-state index contributed by atoms with van der Waals surface area (Å²) in [6.07, 6.45) is 8.68. The molecule has 0 amide bonds. The molecule has 2 aliphatic carbocycles. The van der Waals surface area contributed by atoms with Gasteiger partial charge in [0.1, 0.15) is 0 Å². The van der Waals surface area contributed by atoms with E-state index in [2.05, 4.69) is 13.8 Å². The molecule has 0 aliphatic heterocycles. The second-order valence-electron chi connectivity index (χ2n) is 9.07. The minimum absolute atomic E-state index is 0.0445. The Morgan fingerprint density at radius 3 is 2.57 bits per heavy atom. The van der Waals surface area contributed by atoms with Gasteiger partial charge in [-0.3, -0.25) is 0 Å². The lowest BCUT2D eigenvalue weighted by molar-refractivity contribution is -0.0338. The van der Waals surface area contributed by atoms with Crippen LogP contribution in [0.5, 0.6) is 0 Å². The molecule has 136 valence electrons. The highest BCUT2D eigenvalue weighted by Gasteiger charge is 2.52. The van der Waals surface area contributed by atoms with Crippen molar-refractivity contribution in [1.29, 1.82) is 0 Å². The lowest BCUT2D eigenvalue weighted by Crippen LogP contribution is -2.41. The van der Waals surface area contributed by atoms with E-state index in [1.165, 1.54) is 25.7 Å². The zero-order valence-corrected chi connectivity index (χ0v) is 15.6. The molecule has 2 fully saturated rings. The first-order valence-corrected chi connectivity index (χ1v) is 9.73. The summed E-state index contributed by atoms with van der Waals surface area (Å²) >= 11 is 0. The van der Waals surface area contributed by atoms with E-state index in [4.69, 9.17) is 0 Å². The SMILES string of the molecule is C[C@H](CCC[C@@](C)(O)[C@@H](C)CO)[C@H]1CC[C@H]2[C@@H](O)CCC[C@]12C. The van der Waals surface area contributed by atoms with Gasteiger partial charge in [-0.05, 0) is 62.2 Å². The summed E-state index contributed by atoms with van der Waals surface area (Å²) in [4.78, 5) is 0. The summed E-state index contributed by atoms with van der Waals surface area (Å²) in [5.74, 6) is 1.79. The minimum atomic E-state index is -0.766. The normalized spacial score (nSPS) is 39.5. The maximum Gasteiger partial charge on any atom is 0.0667 e. The van der Waals surface area contributed by atoms with Crippen LogP contribution in [0.3, 0.4) is 0 Å². The average molecular weight is 327 g/mol. The van der Waals surface area contributed by atoms with E-state index in [9.17, 15) is 15.3 Å². The number of rotatable bonds is 7. The van der Waals surface area contributed by atoms with Crippen LogP contribution in [0, 0.1) is 29.1 Å². The zero-order chi connectivity index (χ0) is 17.3. The molecule has 0 saturated heterocycles. The molecule has 0 radical (unpaired) electrons. The van der Waals surface area contributed by atoms with Crippen LogP contribution in [0.4, 0.5) is 0 Å². The highest BCUT2D eigenvalue weighted by atomic mass is 16.3. The molecule has 2 rings (SSSR count). The Hall–Kier alpha value is -0.120. The fourth-order valence-electron chi connectivity index (χ4n) is 5.55. The van der Waals surface area contributed by atoms with E-state index in [0.29, 0.717) is 23.2 Å². The lowest BCUT2D eigenvalue weighted by atomic mass is 9.61. The van der Waals surface area contributed by atoms with Gasteiger partial charge >= 0.3 is 0 Å². The first kappa shape index (κ1) is 19.2. The van der Waals surface area contributed by atoms with Gasteiger partial charge in [0.2, 0.25) is 0 Å². The molecule has 3 N–H and O–H groups in total. The topological polar surface area (TPSA) is 60.7 Å². The third-order valence-corrected chi connectivity index (χ3v) is 7.53. The zero-order valence-electron chi connectivity index (χ0n) is 15.6. The smallest absolute Gasteiger partial charge is 0.0667 e. The first-order chi connectivity index (χ1) is 10.7. The second-order valence-corrected chi connectivity index (χ2v) is 9.07. The van der Waals surface area contributed by atoms with E-state index in [0.717, 1.165) is 25.7 Å². The van der Waals surface area contributed by atoms with Crippen molar-refractivity contribution in [3.8, 4) is 0 Å². The number of hydrogen-bond acceptors (Lipinski definition) is 3. The quantitative estimate of drug-likeness (QED) is 0.668. The fraction of sp³-hybridized carbons (Fsp3) is 1.00. The minimum Gasteiger partial charge on any atom is -0.396 e. The second kappa shape index (κ2) is 7.41. The summed E-state index contributed by atoms with van der Waals surface area (Å²) in [5, 5.41) is 30.1. The summed E-state index contributed by atoms with van der Waals surface area (Å²) in [7, 11) is 0. The van der Waals surface area contributed by atoms with Gasteiger partial charge in [0, 0.05) is 12.5 Å². The molecule has 2 saturated carbocycles. The fourth-order valence-corrected chi connectivity index (χ4v) is 5.55. The lowest BCUT2D eigenvalue weighted by Gasteiger charge is -2.45. The van der Waals surface area contributed by atoms with Crippen LogP contribution in [0.15, 0.2) is 0 Å². The third kappa shape index (κ3) is 3.93. The van der Waals surface area contributed by atoms with Crippen LogP contribution in [0.2, 0.25) is 0 Å². The summed E-state index contributed by atoms with van der Waals surface area (Å²) in [6, 6.07) is 0. The molecule has 23 heavy (non-hydrogen) atoms. The molecule has 0 aromatic carbocycles. The Balaban J connectivity index is 1.88. The van der Waals surface area contributed by atoms with Crippen LogP contribution >= 0.6 is 0 Å². The molecule has 3 heteroatoms. The van der Waals surface area contributed by atoms with Crippen molar-refractivity contribution in [2.24, 2.45) is 29.1 Å². The molecule has 0 bridgehead atoms. The molecule has 7 atom stereocenters. The molecular formula is C20H38O3. The molecule has 0 spiro atoms. The molecule has 0 aromatic rings. The van der Waals surface area contributed by atoms with Crippen LogP contribution in [-0.2, 0) is 0 Å². The Bertz CT molecular complexity index is 381. The molecule has 2 aliphatic rings. The van der Waals surface area contributed by atoms with E-state index < -0.39 is 5.60 Å². The predicted molar refractivity (Wildman–Crippen MR) is 94.1 cm³/mol. The summed E-state index contributed by atoms with van der Waals surface area (Å²) in [6.45, 7) is 8.59.